The number of H-pyrrole nitrogens is 1. The van der Waals surface area contributed by atoms with Gasteiger partial charge in [-0.25, -0.2) is 0 Å². The highest BCUT2D eigenvalue weighted by Gasteiger charge is 2.09. The first-order chi connectivity index (χ1) is 8.26. The van der Waals surface area contributed by atoms with Crippen LogP contribution >= 0.6 is 0 Å². The molecular formula is C14H19NO2. The molecule has 0 aliphatic carbocycles. The quantitative estimate of drug-likeness (QED) is 0.805. The van der Waals surface area contributed by atoms with Crippen molar-refractivity contribution in [3.8, 4) is 5.75 Å². The standard InChI is InChI=1S/C14H19NO2/c1-4-17-8-7-12-10(2)15-14-6-5-11(16-3)9-13(12)14/h5-6,9,15H,4,7-8H2,1-3H3. The van der Waals surface area contributed by atoms with E-state index in [9.17, 15) is 0 Å². The normalized spacial score (nSPS) is 11.0. The number of hydrogen-bond donors (Lipinski definition) is 1. The Kier molecular flexibility index (Phi) is 3.69. The molecule has 1 heterocycles. The highest BCUT2D eigenvalue weighted by molar-refractivity contribution is 5.86. The zero-order valence-corrected chi connectivity index (χ0v) is 10.7. The van der Waals surface area contributed by atoms with Gasteiger partial charge in [-0.15, -0.1) is 0 Å². The number of ether oxygens (including phenoxy) is 2. The van der Waals surface area contributed by atoms with Crippen molar-refractivity contribution >= 4 is 10.9 Å². The van der Waals surface area contributed by atoms with Crippen molar-refractivity contribution in [2.75, 3.05) is 20.3 Å². The van der Waals surface area contributed by atoms with Crippen molar-refractivity contribution in [2.45, 2.75) is 20.3 Å². The predicted octanol–water partition coefficient (Wildman–Crippen LogP) is 3.06. The third-order valence-electron chi connectivity index (χ3n) is 3.03. The van der Waals surface area contributed by atoms with Gasteiger partial charge in [-0.05, 0) is 44.0 Å². The third kappa shape index (κ3) is 2.44. The molecule has 0 spiro atoms. The molecule has 1 N–H and O–H groups in total. The van der Waals surface area contributed by atoms with E-state index in [-0.39, 0.29) is 0 Å². The minimum absolute atomic E-state index is 0.765. The van der Waals surface area contributed by atoms with Gasteiger partial charge in [0.25, 0.3) is 0 Å². The van der Waals surface area contributed by atoms with Crippen molar-refractivity contribution in [3.05, 3.63) is 29.5 Å². The van der Waals surface area contributed by atoms with Crippen LogP contribution in [0.5, 0.6) is 5.75 Å². The second-order valence-electron chi connectivity index (χ2n) is 4.09. The first-order valence-corrected chi connectivity index (χ1v) is 5.99. The van der Waals surface area contributed by atoms with Gasteiger partial charge in [0, 0.05) is 23.2 Å². The van der Waals surface area contributed by atoms with E-state index < -0.39 is 0 Å². The van der Waals surface area contributed by atoms with Gasteiger partial charge < -0.3 is 14.5 Å². The number of aryl methyl sites for hydroxylation is 1. The first kappa shape index (κ1) is 12.0. The average Bonchev–Trinajstić information content (AvgIpc) is 2.65. The molecule has 0 radical (unpaired) electrons. The fraction of sp³-hybridized carbons (Fsp3) is 0.429. The SMILES string of the molecule is CCOCCc1c(C)[nH]c2ccc(OC)cc12. The van der Waals surface area contributed by atoms with Gasteiger partial charge in [0.1, 0.15) is 5.75 Å². The van der Waals surface area contributed by atoms with Crippen LogP contribution in [-0.4, -0.2) is 25.3 Å². The summed E-state index contributed by atoms with van der Waals surface area (Å²) in [5.41, 5.74) is 3.70. The number of hydrogen-bond acceptors (Lipinski definition) is 2. The fourth-order valence-electron chi connectivity index (χ4n) is 2.13. The van der Waals surface area contributed by atoms with E-state index in [1.165, 1.54) is 16.6 Å². The Balaban J connectivity index is 2.34. The lowest BCUT2D eigenvalue weighted by molar-refractivity contribution is 0.151. The first-order valence-electron chi connectivity index (χ1n) is 5.99. The van der Waals surface area contributed by atoms with E-state index in [0.29, 0.717) is 0 Å². The Bertz CT molecular complexity index is 502. The lowest BCUT2D eigenvalue weighted by Gasteiger charge is -2.03. The lowest BCUT2D eigenvalue weighted by atomic mass is 10.1. The Morgan fingerprint density at radius 3 is 2.82 bits per heavy atom. The fourth-order valence-corrected chi connectivity index (χ4v) is 2.13. The Hall–Kier alpha value is -1.48. The molecule has 0 aliphatic heterocycles. The number of aromatic nitrogens is 1. The summed E-state index contributed by atoms with van der Waals surface area (Å²) in [7, 11) is 1.69. The van der Waals surface area contributed by atoms with Gasteiger partial charge in [-0.2, -0.15) is 0 Å². The molecule has 0 bridgehead atoms. The lowest BCUT2D eigenvalue weighted by Crippen LogP contribution is -1.98. The zero-order valence-electron chi connectivity index (χ0n) is 10.7. The van der Waals surface area contributed by atoms with Gasteiger partial charge in [0.05, 0.1) is 13.7 Å². The van der Waals surface area contributed by atoms with E-state index in [1.807, 2.05) is 13.0 Å². The van der Waals surface area contributed by atoms with Crippen molar-refractivity contribution in [3.63, 3.8) is 0 Å². The van der Waals surface area contributed by atoms with E-state index in [4.69, 9.17) is 9.47 Å². The van der Waals surface area contributed by atoms with Crippen LogP contribution in [0.1, 0.15) is 18.2 Å². The summed E-state index contributed by atoms with van der Waals surface area (Å²) in [5, 5.41) is 1.24. The molecule has 2 rings (SSSR count). The number of fused-ring (bicyclic) bond motifs is 1. The summed E-state index contributed by atoms with van der Waals surface area (Å²) < 4.78 is 10.7. The number of nitrogens with one attached hydrogen (secondary N) is 1. The van der Waals surface area contributed by atoms with Crippen molar-refractivity contribution in [2.24, 2.45) is 0 Å². The molecule has 3 heteroatoms. The molecule has 0 amide bonds. The monoisotopic (exact) mass is 233 g/mol. The molecule has 0 unspecified atom stereocenters. The summed E-state index contributed by atoms with van der Waals surface area (Å²) in [6, 6.07) is 6.12. The molecule has 2 aromatic rings. The summed E-state index contributed by atoms with van der Waals surface area (Å²) in [4.78, 5) is 3.39. The van der Waals surface area contributed by atoms with Crippen LogP contribution in [0.3, 0.4) is 0 Å². The molecule has 92 valence electrons. The van der Waals surface area contributed by atoms with Gasteiger partial charge in [-0.3, -0.25) is 0 Å². The van der Waals surface area contributed by atoms with E-state index >= 15 is 0 Å². The molecule has 0 atom stereocenters. The average molecular weight is 233 g/mol. The number of methoxy groups -OCH3 is 1. The smallest absolute Gasteiger partial charge is 0.119 e. The Labute approximate surface area is 102 Å². The van der Waals surface area contributed by atoms with Crippen molar-refractivity contribution in [1.29, 1.82) is 0 Å². The van der Waals surface area contributed by atoms with Crippen molar-refractivity contribution < 1.29 is 9.47 Å². The van der Waals surface area contributed by atoms with E-state index in [2.05, 4.69) is 24.0 Å². The summed E-state index contributed by atoms with van der Waals surface area (Å²) in [5.74, 6) is 0.897. The number of aromatic amines is 1. The maximum atomic E-state index is 5.42. The van der Waals surface area contributed by atoms with Gasteiger partial charge in [-0.1, -0.05) is 0 Å². The van der Waals surface area contributed by atoms with Crippen molar-refractivity contribution in [1.82, 2.24) is 4.98 Å². The highest BCUT2D eigenvalue weighted by atomic mass is 16.5. The van der Waals surface area contributed by atoms with E-state index in [0.717, 1.165) is 30.9 Å². The maximum Gasteiger partial charge on any atom is 0.119 e. The topological polar surface area (TPSA) is 34.2 Å². The molecular weight excluding hydrogens is 214 g/mol. The Morgan fingerprint density at radius 2 is 2.12 bits per heavy atom. The Morgan fingerprint density at radius 1 is 1.29 bits per heavy atom. The van der Waals surface area contributed by atoms with Gasteiger partial charge in [0.15, 0.2) is 0 Å². The predicted molar refractivity (Wildman–Crippen MR) is 69.8 cm³/mol. The van der Waals surface area contributed by atoms with Crippen LogP contribution in [0.25, 0.3) is 10.9 Å². The van der Waals surface area contributed by atoms with Crippen LogP contribution < -0.4 is 4.74 Å². The summed E-state index contributed by atoms with van der Waals surface area (Å²) in [6.07, 6.45) is 0.937. The van der Waals surface area contributed by atoms with E-state index in [1.54, 1.807) is 7.11 Å². The molecule has 1 aromatic heterocycles. The highest BCUT2D eigenvalue weighted by Crippen LogP contribution is 2.26. The summed E-state index contributed by atoms with van der Waals surface area (Å²) >= 11 is 0. The summed E-state index contributed by atoms with van der Waals surface area (Å²) in [6.45, 7) is 5.66. The third-order valence-corrected chi connectivity index (χ3v) is 3.03. The molecule has 0 saturated heterocycles. The molecule has 0 fully saturated rings. The van der Waals surface area contributed by atoms with Crippen LogP contribution in [0.15, 0.2) is 18.2 Å². The molecule has 3 nitrogen and oxygen atoms in total. The largest absolute Gasteiger partial charge is 0.497 e. The van der Waals surface area contributed by atoms with Crippen LogP contribution in [-0.2, 0) is 11.2 Å². The minimum atomic E-state index is 0.765. The van der Waals surface area contributed by atoms with Crippen LogP contribution in [0.4, 0.5) is 0 Å². The molecule has 17 heavy (non-hydrogen) atoms. The van der Waals surface area contributed by atoms with Gasteiger partial charge in [0.2, 0.25) is 0 Å². The number of benzene rings is 1. The second-order valence-corrected chi connectivity index (χ2v) is 4.09. The van der Waals surface area contributed by atoms with Crippen LogP contribution in [0, 0.1) is 6.92 Å². The van der Waals surface area contributed by atoms with Gasteiger partial charge >= 0.3 is 0 Å². The minimum Gasteiger partial charge on any atom is -0.497 e. The molecule has 0 saturated carbocycles. The molecule has 0 aliphatic rings. The molecule has 1 aromatic carbocycles. The number of rotatable bonds is 5. The maximum absolute atomic E-state index is 5.42. The van der Waals surface area contributed by atoms with Crippen LogP contribution in [0.2, 0.25) is 0 Å². The zero-order chi connectivity index (χ0) is 12.3. The second kappa shape index (κ2) is 5.23.